The van der Waals surface area contributed by atoms with Crippen LogP contribution in [-0.2, 0) is 6.54 Å². The summed E-state index contributed by atoms with van der Waals surface area (Å²) >= 11 is 9.65. The Hall–Kier alpha value is -0.530. The number of rotatable bonds is 2. The lowest BCUT2D eigenvalue weighted by Crippen LogP contribution is -2.24. The Bertz CT molecular complexity index is 657. The summed E-state index contributed by atoms with van der Waals surface area (Å²) in [5.74, 6) is -0.331. The van der Waals surface area contributed by atoms with E-state index in [2.05, 4.69) is 52.9 Å². The lowest BCUT2D eigenvalue weighted by Gasteiger charge is -2.07. The molecule has 0 atom stereocenters. The molecule has 0 N–H and O–H groups in total. The third-order valence-corrected chi connectivity index (χ3v) is 4.92. The highest BCUT2D eigenvalue weighted by molar-refractivity contribution is 9.13. The summed E-state index contributed by atoms with van der Waals surface area (Å²) in [6.07, 6.45) is 1.53. The number of hydrogen-bond donors (Lipinski definition) is 0. The summed E-state index contributed by atoms with van der Waals surface area (Å²) < 4.78 is 15.9. The molecule has 0 fully saturated rings. The van der Waals surface area contributed by atoms with E-state index in [-0.39, 0.29) is 17.9 Å². The van der Waals surface area contributed by atoms with Gasteiger partial charge in [0.25, 0.3) is 5.56 Å². The van der Waals surface area contributed by atoms with Gasteiger partial charge in [-0.2, -0.15) is 5.10 Å². The average Bonchev–Trinajstić information content (AvgIpc) is 2.33. The van der Waals surface area contributed by atoms with Crippen LogP contribution in [0.4, 0.5) is 4.39 Å². The molecule has 0 amide bonds. The lowest BCUT2D eigenvalue weighted by atomic mass is 10.2. The van der Waals surface area contributed by atoms with E-state index in [4.69, 9.17) is 0 Å². The summed E-state index contributed by atoms with van der Waals surface area (Å²) in [5.41, 5.74) is 0.529. The van der Waals surface area contributed by atoms with Crippen molar-refractivity contribution < 1.29 is 4.39 Å². The summed E-state index contributed by atoms with van der Waals surface area (Å²) in [4.78, 5) is 11.9. The molecule has 94 valence electrons. The Labute approximate surface area is 127 Å². The van der Waals surface area contributed by atoms with Crippen molar-refractivity contribution in [2.24, 2.45) is 0 Å². The molecule has 0 radical (unpaired) electrons. The number of nitrogens with zero attached hydrogens (tertiary/aromatic N) is 2. The molecule has 0 saturated carbocycles. The Morgan fingerprint density at radius 1 is 1.22 bits per heavy atom. The maximum atomic E-state index is 13.0. The average molecular weight is 441 g/mol. The molecule has 0 aliphatic carbocycles. The second kappa shape index (κ2) is 5.63. The van der Waals surface area contributed by atoms with Crippen LogP contribution in [-0.4, -0.2) is 9.78 Å². The Morgan fingerprint density at radius 2 is 1.94 bits per heavy atom. The van der Waals surface area contributed by atoms with Gasteiger partial charge in [-0.05, 0) is 49.6 Å². The molecule has 18 heavy (non-hydrogen) atoms. The van der Waals surface area contributed by atoms with Crippen LogP contribution in [0.3, 0.4) is 0 Å². The fourth-order valence-electron chi connectivity index (χ4n) is 1.37. The van der Waals surface area contributed by atoms with E-state index in [9.17, 15) is 9.18 Å². The molecule has 3 nitrogen and oxygen atoms in total. The van der Waals surface area contributed by atoms with E-state index >= 15 is 0 Å². The van der Waals surface area contributed by atoms with Crippen molar-refractivity contribution in [3.63, 3.8) is 0 Å². The highest BCUT2D eigenvalue weighted by Crippen LogP contribution is 2.20. The molecule has 1 heterocycles. The van der Waals surface area contributed by atoms with Gasteiger partial charge in [-0.25, -0.2) is 9.07 Å². The minimum absolute atomic E-state index is 0.249. The fourth-order valence-corrected chi connectivity index (χ4v) is 2.41. The molecule has 0 saturated heterocycles. The standard InChI is InChI=1S/C11H6Br3FN2O/c12-8-3-7(15)2-1-6(8)5-17-11(18)10(14)9(13)4-16-17/h1-4H,5H2. The highest BCUT2D eigenvalue weighted by atomic mass is 79.9. The maximum Gasteiger partial charge on any atom is 0.282 e. The lowest BCUT2D eigenvalue weighted by molar-refractivity contribution is 0.614. The predicted octanol–water partition coefficient (Wildman–Crippen LogP) is 3.72. The van der Waals surface area contributed by atoms with Gasteiger partial charge >= 0.3 is 0 Å². The first-order valence-electron chi connectivity index (χ1n) is 4.84. The van der Waals surface area contributed by atoms with E-state index in [1.165, 1.54) is 23.0 Å². The Balaban J connectivity index is 2.41. The molecule has 0 aliphatic rings. The van der Waals surface area contributed by atoms with Crippen molar-refractivity contribution in [3.05, 3.63) is 59.5 Å². The zero-order valence-electron chi connectivity index (χ0n) is 8.83. The van der Waals surface area contributed by atoms with Crippen LogP contribution in [0, 0.1) is 5.82 Å². The molecule has 0 spiro atoms. The fraction of sp³-hybridized carbons (Fsp3) is 0.0909. The van der Waals surface area contributed by atoms with Crippen molar-refractivity contribution in [2.45, 2.75) is 6.54 Å². The Morgan fingerprint density at radius 3 is 2.61 bits per heavy atom. The van der Waals surface area contributed by atoms with Gasteiger partial charge < -0.3 is 0 Å². The van der Waals surface area contributed by atoms with Crippen LogP contribution >= 0.6 is 47.8 Å². The topological polar surface area (TPSA) is 34.9 Å². The molecule has 0 unspecified atom stereocenters. The third kappa shape index (κ3) is 2.89. The molecule has 1 aromatic heterocycles. The van der Waals surface area contributed by atoms with Crippen molar-refractivity contribution >= 4 is 47.8 Å². The van der Waals surface area contributed by atoms with Gasteiger partial charge in [-0.1, -0.05) is 22.0 Å². The molecule has 1 aromatic carbocycles. The number of hydrogen-bond acceptors (Lipinski definition) is 2. The van der Waals surface area contributed by atoms with E-state index < -0.39 is 0 Å². The monoisotopic (exact) mass is 438 g/mol. The van der Waals surface area contributed by atoms with Gasteiger partial charge in [-0.3, -0.25) is 4.79 Å². The van der Waals surface area contributed by atoms with E-state index in [0.29, 0.717) is 13.4 Å². The minimum Gasteiger partial charge on any atom is -0.266 e. The van der Waals surface area contributed by atoms with Crippen LogP contribution in [0.2, 0.25) is 0 Å². The first-order chi connectivity index (χ1) is 8.49. The molecular weight excluding hydrogens is 435 g/mol. The SMILES string of the molecule is O=c1c(Br)c(Br)cnn1Cc1ccc(F)cc1Br. The maximum absolute atomic E-state index is 13.0. The second-order valence-electron chi connectivity index (χ2n) is 3.51. The van der Waals surface area contributed by atoms with E-state index in [1.54, 1.807) is 6.07 Å². The summed E-state index contributed by atoms with van der Waals surface area (Å²) in [5, 5.41) is 4.01. The second-order valence-corrected chi connectivity index (χ2v) is 6.01. The molecule has 0 bridgehead atoms. The molecule has 7 heteroatoms. The zero-order chi connectivity index (χ0) is 13.3. The Kier molecular flexibility index (Phi) is 4.34. The first kappa shape index (κ1) is 13.9. The predicted molar refractivity (Wildman–Crippen MR) is 77.1 cm³/mol. The molecular formula is C11H6Br3FN2O. The molecule has 0 aliphatic heterocycles. The largest absolute Gasteiger partial charge is 0.282 e. The zero-order valence-corrected chi connectivity index (χ0v) is 13.6. The van der Waals surface area contributed by atoms with Gasteiger partial charge in [0.2, 0.25) is 0 Å². The van der Waals surface area contributed by atoms with Gasteiger partial charge in [0.05, 0.1) is 17.2 Å². The molecule has 2 rings (SSSR count). The highest BCUT2D eigenvalue weighted by Gasteiger charge is 2.09. The number of aromatic nitrogens is 2. The van der Waals surface area contributed by atoms with E-state index in [0.717, 1.165) is 5.56 Å². The summed E-state index contributed by atoms with van der Waals surface area (Å²) in [6.45, 7) is 0.269. The van der Waals surface area contributed by atoms with Gasteiger partial charge in [0, 0.05) is 4.47 Å². The summed E-state index contributed by atoms with van der Waals surface area (Å²) in [7, 11) is 0. The van der Waals surface area contributed by atoms with Crippen molar-refractivity contribution in [1.29, 1.82) is 0 Å². The van der Waals surface area contributed by atoms with Crippen molar-refractivity contribution in [1.82, 2.24) is 9.78 Å². The smallest absolute Gasteiger partial charge is 0.266 e. The van der Waals surface area contributed by atoms with E-state index in [1.807, 2.05) is 0 Å². The van der Waals surface area contributed by atoms with Crippen LogP contribution in [0.15, 0.2) is 42.6 Å². The van der Waals surface area contributed by atoms with Gasteiger partial charge in [-0.15, -0.1) is 0 Å². The summed E-state index contributed by atoms with van der Waals surface area (Å²) in [6, 6.07) is 4.32. The van der Waals surface area contributed by atoms with Crippen LogP contribution < -0.4 is 5.56 Å². The first-order valence-corrected chi connectivity index (χ1v) is 7.22. The van der Waals surface area contributed by atoms with Crippen LogP contribution in [0.1, 0.15) is 5.56 Å². The quantitative estimate of drug-likeness (QED) is 0.713. The molecule has 2 aromatic rings. The normalized spacial score (nSPS) is 10.7. The van der Waals surface area contributed by atoms with Crippen molar-refractivity contribution in [2.75, 3.05) is 0 Å². The number of halogens is 4. The van der Waals surface area contributed by atoms with Crippen LogP contribution in [0.5, 0.6) is 0 Å². The van der Waals surface area contributed by atoms with Crippen molar-refractivity contribution in [3.8, 4) is 0 Å². The van der Waals surface area contributed by atoms with Gasteiger partial charge in [0.1, 0.15) is 10.3 Å². The number of benzene rings is 1. The third-order valence-electron chi connectivity index (χ3n) is 2.28. The van der Waals surface area contributed by atoms with Gasteiger partial charge in [0.15, 0.2) is 0 Å². The van der Waals surface area contributed by atoms with Crippen LogP contribution in [0.25, 0.3) is 0 Å². The minimum atomic E-state index is -0.331.